The maximum Gasteiger partial charge on any atom is 0.141 e. The van der Waals surface area contributed by atoms with E-state index >= 15 is 0 Å². The maximum absolute atomic E-state index is 14.1. The maximum atomic E-state index is 14.1. The van der Waals surface area contributed by atoms with Crippen molar-refractivity contribution in [3.8, 4) is 5.75 Å². The van der Waals surface area contributed by atoms with Crippen molar-refractivity contribution in [2.45, 2.75) is 25.6 Å². The van der Waals surface area contributed by atoms with Gasteiger partial charge in [-0.25, -0.2) is 9.37 Å². The molecule has 2 aromatic carbocycles. The van der Waals surface area contributed by atoms with Crippen LogP contribution in [0.1, 0.15) is 29.5 Å². The molecular weight excluding hydrogens is 325 g/mol. The van der Waals surface area contributed by atoms with E-state index in [1.54, 1.807) is 17.6 Å². The minimum Gasteiger partial charge on any atom is -0.489 e. The summed E-state index contributed by atoms with van der Waals surface area (Å²) in [5.74, 6) is -0.0590. The van der Waals surface area contributed by atoms with Gasteiger partial charge in [0, 0.05) is 17.6 Å². The number of hydrogen-bond acceptors (Lipinski definition) is 4. The summed E-state index contributed by atoms with van der Waals surface area (Å²) in [4.78, 5) is 4.19. The van der Waals surface area contributed by atoms with E-state index in [0.29, 0.717) is 29.3 Å². The number of rotatable bonds is 6. The number of aliphatic hydroxyl groups is 1. The first-order chi connectivity index (χ1) is 11.6. The van der Waals surface area contributed by atoms with Crippen LogP contribution < -0.4 is 4.74 Å². The summed E-state index contributed by atoms with van der Waals surface area (Å²) in [7, 11) is 0. The summed E-state index contributed by atoms with van der Waals surface area (Å²) in [6.45, 7) is 2.18. The summed E-state index contributed by atoms with van der Waals surface area (Å²) >= 11 is 1.35. The lowest BCUT2D eigenvalue weighted by atomic mass is 9.91. The molecular formula is C19H18FNO2S. The van der Waals surface area contributed by atoms with Crippen molar-refractivity contribution in [3.05, 3.63) is 82.1 Å². The number of ether oxygens (including phenoxy) is 1. The van der Waals surface area contributed by atoms with Gasteiger partial charge in [-0.05, 0) is 29.7 Å². The predicted molar refractivity (Wildman–Crippen MR) is 92.6 cm³/mol. The summed E-state index contributed by atoms with van der Waals surface area (Å²) in [5, 5.41) is 13.4. The molecule has 3 rings (SSSR count). The highest BCUT2D eigenvalue weighted by molar-refractivity contribution is 7.09. The second-order valence-corrected chi connectivity index (χ2v) is 6.40. The van der Waals surface area contributed by atoms with Gasteiger partial charge < -0.3 is 9.84 Å². The van der Waals surface area contributed by atoms with Gasteiger partial charge in [-0.3, -0.25) is 0 Å². The van der Waals surface area contributed by atoms with Gasteiger partial charge in [0.2, 0.25) is 0 Å². The summed E-state index contributed by atoms with van der Waals surface area (Å²) in [6, 6.07) is 14.0. The smallest absolute Gasteiger partial charge is 0.141 e. The van der Waals surface area contributed by atoms with Crippen LogP contribution in [0.3, 0.4) is 0 Å². The molecule has 0 aliphatic rings. The van der Waals surface area contributed by atoms with E-state index in [4.69, 9.17) is 4.74 Å². The van der Waals surface area contributed by atoms with E-state index in [1.807, 2.05) is 37.3 Å². The molecule has 1 aromatic heterocycles. The van der Waals surface area contributed by atoms with Gasteiger partial charge in [0.05, 0.1) is 0 Å². The first kappa shape index (κ1) is 16.6. The molecule has 0 saturated carbocycles. The molecule has 3 aromatic rings. The van der Waals surface area contributed by atoms with Crippen LogP contribution in [0.4, 0.5) is 4.39 Å². The number of aromatic nitrogens is 1. The molecule has 0 spiro atoms. The van der Waals surface area contributed by atoms with Crippen LogP contribution in [0.2, 0.25) is 0 Å². The van der Waals surface area contributed by atoms with Crippen molar-refractivity contribution in [1.82, 2.24) is 4.98 Å². The predicted octanol–water partition coefficient (Wildman–Crippen LogP) is 4.51. The Balaban J connectivity index is 1.88. The lowest BCUT2D eigenvalue weighted by molar-refractivity contribution is 0.0755. The highest BCUT2D eigenvalue weighted by atomic mass is 32.1. The number of nitrogens with zero attached hydrogens (tertiary/aromatic N) is 1. The van der Waals surface area contributed by atoms with Crippen molar-refractivity contribution in [3.63, 3.8) is 0 Å². The molecule has 0 amide bonds. The monoisotopic (exact) mass is 343 g/mol. The molecule has 0 aliphatic carbocycles. The second-order valence-electron chi connectivity index (χ2n) is 5.50. The Hall–Kier alpha value is -2.24. The van der Waals surface area contributed by atoms with Gasteiger partial charge in [-0.1, -0.05) is 37.3 Å². The van der Waals surface area contributed by atoms with Crippen LogP contribution in [0, 0.1) is 5.82 Å². The summed E-state index contributed by atoms with van der Waals surface area (Å²) in [5.41, 5.74) is 0.123. The van der Waals surface area contributed by atoms with Crippen molar-refractivity contribution in [2.75, 3.05) is 0 Å². The van der Waals surface area contributed by atoms with Gasteiger partial charge in [-0.15, -0.1) is 11.3 Å². The fourth-order valence-corrected chi connectivity index (χ4v) is 3.36. The van der Waals surface area contributed by atoms with Crippen LogP contribution in [0.25, 0.3) is 0 Å². The van der Waals surface area contributed by atoms with Crippen molar-refractivity contribution in [2.24, 2.45) is 0 Å². The number of halogens is 1. The second kappa shape index (κ2) is 7.11. The Bertz CT molecular complexity index is 792. The summed E-state index contributed by atoms with van der Waals surface area (Å²) < 4.78 is 19.8. The van der Waals surface area contributed by atoms with Gasteiger partial charge in [0.1, 0.15) is 28.8 Å². The first-order valence-electron chi connectivity index (χ1n) is 7.72. The fraction of sp³-hybridized carbons (Fsp3) is 0.211. The normalized spacial score (nSPS) is 13.5. The van der Waals surface area contributed by atoms with Crippen molar-refractivity contribution >= 4 is 11.3 Å². The Kier molecular flexibility index (Phi) is 4.92. The molecule has 0 saturated heterocycles. The Morgan fingerprint density at radius 2 is 2.00 bits per heavy atom. The van der Waals surface area contributed by atoms with E-state index in [2.05, 4.69) is 4.98 Å². The Labute approximate surface area is 144 Å². The average molecular weight is 343 g/mol. The van der Waals surface area contributed by atoms with Gasteiger partial charge in [0.15, 0.2) is 0 Å². The van der Waals surface area contributed by atoms with Crippen LogP contribution in [0.5, 0.6) is 5.75 Å². The average Bonchev–Trinajstić information content (AvgIpc) is 3.15. The standard InChI is InChI=1S/C19H18FNO2S/c1-2-19(22,18-21-8-9-24-18)15-10-16(20)12-17(11-15)23-13-14-6-4-3-5-7-14/h3-12,22H,2,13H2,1H3. The number of thiazole rings is 1. The molecule has 5 heteroatoms. The van der Waals surface area contributed by atoms with Crippen LogP contribution in [-0.2, 0) is 12.2 Å². The highest BCUT2D eigenvalue weighted by Gasteiger charge is 2.33. The first-order valence-corrected chi connectivity index (χ1v) is 8.60. The van der Waals surface area contributed by atoms with E-state index in [-0.39, 0.29) is 0 Å². The molecule has 1 N–H and O–H groups in total. The molecule has 1 unspecified atom stereocenters. The highest BCUT2D eigenvalue weighted by Crippen LogP contribution is 2.36. The van der Waals surface area contributed by atoms with Crippen LogP contribution in [0.15, 0.2) is 60.1 Å². The molecule has 1 atom stereocenters. The largest absolute Gasteiger partial charge is 0.489 e. The molecule has 3 nitrogen and oxygen atoms in total. The molecule has 0 bridgehead atoms. The number of benzene rings is 2. The topological polar surface area (TPSA) is 42.4 Å². The minimum absolute atomic E-state index is 0.339. The van der Waals surface area contributed by atoms with E-state index in [9.17, 15) is 9.50 Å². The Morgan fingerprint density at radius 3 is 2.67 bits per heavy atom. The third kappa shape index (κ3) is 3.47. The van der Waals surface area contributed by atoms with E-state index in [1.165, 1.54) is 23.5 Å². The van der Waals surface area contributed by atoms with Crippen LogP contribution in [-0.4, -0.2) is 10.1 Å². The number of hydrogen-bond donors (Lipinski definition) is 1. The van der Waals surface area contributed by atoms with E-state index in [0.717, 1.165) is 5.56 Å². The van der Waals surface area contributed by atoms with Crippen LogP contribution >= 0.6 is 11.3 Å². The molecule has 0 radical (unpaired) electrons. The molecule has 1 heterocycles. The van der Waals surface area contributed by atoms with Gasteiger partial charge in [0.25, 0.3) is 0 Å². The zero-order chi connectivity index (χ0) is 17.0. The zero-order valence-corrected chi connectivity index (χ0v) is 14.1. The quantitative estimate of drug-likeness (QED) is 0.716. The van der Waals surface area contributed by atoms with Crippen molar-refractivity contribution < 1.29 is 14.2 Å². The fourth-order valence-electron chi connectivity index (χ4n) is 2.53. The molecule has 0 fully saturated rings. The zero-order valence-electron chi connectivity index (χ0n) is 13.3. The lowest BCUT2D eigenvalue weighted by Crippen LogP contribution is -2.26. The Morgan fingerprint density at radius 1 is 1.21 bits per heavy atom. The molecule has 124 valence electrons. The SMILES string of the molecule is CCC(O)(c1cc(F)cc(OCc2ccccc2)c1)c1nccs1. The third-order valence-electron chi connectivity index (χ3n) is 3.89. The van der Waals surface area contributed by atoms with E-state index < -0.39 is 11.4 Å². The minimum atomic E-state index is -1.32. The third-order valence-corrected chi connectivity index (χ3v) is 4.82. The van der Waals surface area contributed by atoms with Gasteiger partial charge >= 0.3 is 0 Å². The van der Waals surface area contributed by atoms with Crippen molar-refractivity contribution in [1.29, 1.82) is 0 Å². The molecule has 24 heavy (non-hydrogen) atoms. The van der Waals surface area contributed by atoms with Gasteiger partial charge in [-0.2, -0.15) is 0 Å². The summed E-state index contributed by atoms with van der Waals surface area (Å²) in [6.07, 6.45) is 2.02. The lowest BCUT2D eigenvalue weighted by Gasteiger charge is -2.25. The molecule has 0 aliphatic heterocycles.